The van der Waals surface area contributed by atoms with E-state index in [9.17, 15) is 13.6 Å². The molecule has 144 valence electrons. The molecule has 1 aliphatic rings. The highest BCUT2D eigenvalue weighted by molar-refractivity contribution is 5.97. The fourth-order valence-corrected chi connectivity index (χ4v) is 2.99. The number of methoxy groups -OCH3 is 1. The van der Waals surface area contributed by atoms with Crippen molar-refractivity contribution in [1.29, 1.82) is 0 Å². The number of hydrogen-bond acceptors (Lipinski definition) is 4. The van der Waals surface area contributed by atoms with Gasteiger partial charge >= 0.3 is 0 Å². The molecule has 2 N–H and O–H groups in total. The van der Waals surface area contributed by atoms with Crippen molar-refractivity contribution >= 4 is 28.2 Å². The fourth-order valence-electron chi connectivity index (χ4n) is 2.99. The van der Waals surface area contributed by atoms with Crippen LogP contribution >= 0.6 is 0 Å². The summed E-state index contributed by atoms with van der Waals surface area (Å²) in [5.41, 5.74) is 2.30. The maximum atomic E-state index is 12.9. The second-order valence-corrected chi connectivity index (χ2v) is 6.72. The number of rotatable bonds is 6. The monoisotopic (exact) mass is 383 g/mol. The topological polar surface area (TPSA) is 63.2 Å². The molecule has 0 saturated heterocycles. The van der Waals surface area contributed by atoms with Crippen LogP contribution in [0.15, 0.2) is 48.7 Å². The van der Waals surface area contributed by atoms with Crippen molar-refractivity contribution in [3.63, 3.8) is 0 Å². The van der Waals surface area contributed by atoms with Gasteiger partial charge in [0.2, 0.25) is 0 Å². The highest BCUT2D eigenvalue weighted by Crippen LogP contribution is 2.33. The second kappa shape index (κ2) is 7.42. The Hall–Kier alpha value is -3.22. The average Bonchev–Trinajstić information content (AvgIpc) is 3.52. The summed E-state index contributed by atoms with van der Waals surface area (Å²) < 4.78 is 31.3. The summed E-state index contributed by atoms with van der Waals surface area (Å²) in [4.78, 5) is 16.4. The Morgan fingerprint density at radius 1 is 1.14 bits per heavy atom. The van der Waals surface area contributed by atoms with E-state index in [1.54, 1.807) is 36.5 Å². The first-order chi connectivity index (χ1) is 13.5. The van der Waals surface area contributed by atoms with Crippen LogP contribution in [0.1, 0.15) is 35.2 Å². The number of alkyl halides is 2. The zero-order valence-corrected chi connectivity index (χ0v) is 15.2. The Morgan fingerprint density at radius 3 is 2.68 bits per heavy atom. The molecule has 4 rings (SSSR count). The van der Waals surface area contributed by atoms with Gasteiger partial charge in [0.25, 0.3) is 12.3 Å². The van der Waals surface area contributed by atoms with Crippen LogP contribution in [0.2, 0.25) is 0 Å². The fraction of sp³-hybridized carbons (Fsp3) is 0.238. The smallest absolute Gasteiger partial charge is 0.263 e. The maximum absolute atomic E-state index is 12.9. The third-order valence-corrected chi connectivity index (χ3v) is 4.66. The molecule has 5 nitrogen and oxygen atoms in total. The van der Waals surface area contributed by atoms with E-state index in [0.29, 0.717) is 33.6 Å². The number of anilines is 2. The molecule has 0 aliphatic heterocycles. The lowest BCUT2D eigenvalue weighted by molar-refractivity contribution is 0.0950. The number of carbonyl (C=O) groups is 1. The first-order valence-corrected chi connectivity index (χ1v) is 8.98. The molecular weight excluding hydrogens is 364 g/mol. The third-order valence-electron chi connectivity index (χ3n) is 4.66. The number of nitrogens with zero attached hydrogens (tertiary/aromatic N) is 1. The van der Waals surface area contributed by atoms with Crippen molar-refractivity contribution < 1.29 is 18.3 Å². The van der Waals surface area contributed by atoms with E-state index >= 15 is 0 Å². The van der Waals surface area contributed by atoms with Gasteiger partial charge in [0.05, 0.1) is 18.3 Å². The molecule has 1 aromatic heterocycles. The number of ether oxygens (including phenoxy) is 1. The van der Waals surface area contributed by atoms with Crippen LogP contribution in [-0.4, -0.2) is 24.0 Å². The summed E-state index contributed by atoms with van der Waals surface area (Å²) >= 11 is 0. The lowest BCUT2D eigenvalue weighted by Gasteiger charge is -2.14. The van der Waals surface area contributed by atoms with Gasteiger partial charge < -0.3 is 15.4 Å². The number of benzene rings is 2. The van der Waals surface area contributed by atoms with Crippen LogP contribution in [0.25, 0.3) is 10.9 Å². The number of carbonyl (C=O) groups excluding carboxylic acids is 1. The quantitative estimate of drug-likeness (QED) is 0.641. The van der Waals surface area contributed by atoms with E-state index in [0.717, 1.165) is 12.8 Å². The van der Waals surface area contributed by atoms with Crippen molar-refractivity contribution in [3.05, 3.63) is 59.8 Å². The Bertz CT molecular complexity index is 1040. The Labute approximate surface area is 160 Å². The second-order valence-electron chi connectivity index (χ2n) is 6.72. The first kappa shape index (κ1) is 18.2. The van der Waals surface area contributed by atoms with Crippen molar-refractivity contribution in [2.75, 3.05) is 12.4 Å². The van der Waals surface area contributed by atoms with E-state index in [-0.39, 0.29) is 17.5 Å². The molecule has 0 bridgehead atoms. The van der Waals surface area contributed by atoms with Crippen molar-refractivity contribution in [2.24, 2.45) is 0 Å². The summed E-state index contributed by atoms with van der Waals surface area (Å²) in [5, 5.41) is 6.91. The van der Waals surface area contributed by atoms with Gasteiger partial charge in [-0.05, 0) is 43.2 Å². The first-order valence-electron chi connectivity index (χ1n) is 8.98. The molecule has 28 heavy (non-hydrogen) atoms. The van der Waals surface area contributed by atoms with E-state index in [1.807, 2.05) is 0 Å². The van der Waals surface area contributed by atoms with E-state index in [4.69, 9.17) is 4.74 Å². The van der Waals surface area contributed by atoms with Gasteiger partial charge in [-0.1, -0.05) is 12.1 Å². The number of aromatic nitrogens is 1. The number of nitrogens with one attached hydrogen (secondary N) is 2. The minimum Gasteiger partial charge on any atom is -0.495 e. The lowest BCUT2D eigenvalue weighted by atomic mass is 10.1. The minimum absolute atomic E-state index is 0.0687. The predicted molar refractivity (Wildman–Crippen MR) is 103 cm³/mol. The van der Waals surface area contributed by atoms with Crippen LogP contribution in [0.5, 0.6) is 5.75 Å². The molecule has 1 aliphatic carbocycles. The van der Waals surface area contributed by atoms with E-state index < -0.39 is 6.43 Å². The van der Waals surface area contributed by atoms with Crippen LogP contribution in [0, 0.1) is 0 Å². The summed E-state index contributed by atoms with van der Waals surface area (Å²) in [6.45, 7) is 0. The zero-order chi connectivity index (χ0) is 19.7. The Balaban J connectivity index is 1.63. The van der Waals surface area contributed by atoms with Crippen molar-refractivity contribution in [1.82, 2.24) is 10.3 Å². The zero-order valence-electron chi connectivity index (χ0n) is 15.2. The Kier molecular flexibility index (Phi) is 4.81. The number of pyridine rings is 1. The van der Waals surface area contributed by atoms with Crippen LogP contribution in [0.3, 0.4) is 0 Å². The predicted octanol–water partition coefficient (Wildman–Crippen LogP) is 4.82. The van der Waals surface area contributed by atoms with Crippen LogP contribution < -0.4 is 15.4 Å². The normalized spacial score (nSPS) is 13.6. The van der Waals surface area contributed by atoms with Gasteiger partial charge in [-0.15, -0.1) is 0 Å². The maximum Gasteiger partial charge on any atom is 0.263 e. The van der Waals surface area contributed by atoms with Crippen molar-refractivity contribution in [3.8, 4) is 5.75 Å². The molecule has 0 radical (unpaired) electrons. The molecule has 1 heterocycles. The lowest BCUT2D eigenvalue weighted by Crippen LogP contribution is -2.25. The number of hydrogen-bond donors (Lipinski definition) is 2. The van der Waals surface area contributed by atoms with Crippen LogP contribution in [0.4, 0.5) is 20.2 Å². The summed E-state index contributed by atoms with van der Waals surface area (Å²) in [5.74, 6) is 0.388. The largest absolute Gasteiger partial charge is 0.495 e. The summed E-state index contributed by atoms with van der Waals surface area (Å²) in [6, 6.07) is 11.6. The molecule has 0 unspecified atom stereocenters. The summed E-state index contributed by atoms with van der Waals surface area (Å²) in [7, 11) is 1.53. The number of amides is 1. The van der Waals surface area contributed by atoms with E-state index in [2.05, 4.69) is 15.6 Å². The number of halogens is 2. The molecule has 7 heteroatoms. The standard InChI is InChI=1S/C21H19F2N3O2/c1-28-19-11-13(21(27)25-14-4-5-14)3-7-17(19)26-16-8-9-24-18-10-12(20(22)23)2-6-15(16)18/h2-3,6-11,14,20H,4-5H2,1H3,(H,24,26)(H,25,27). The molecule has 0 spiro atoms. The highest BCUT2D eigenvalue weighted by Gasteiger charge is 2.24. The van der Waals surface area contributed by atoms with Gasteiger partial charge in [-0.2, -0.15) is 0 Å². The molecule has 2 aromatic carbocycles. The minimum atomic E-state index is -2.54. The molecule has 1 fully saturated rings. The van der Waals surface area contributed by atoms with Gasteiger partial charge in [0.1, 0.15) is 5.75 Å². The van der Waals surface area contributed by atoms with Crippen molar-refractivity contribution in [2.45, 2.75) is 25.3 Å². The average molecular weight is 383 g/mol. The number of fused-ring (bicyclic) bond motifs is 1. The van der Waals surface area contributed by atoms with Gasteiger partial charge in [0.15, 0.2) is 0 Å². The van der Waals surface area contributed by atoms with Gasteiger partial charge in [0, 0.05) is 34.4 Å². The summed E-state index contributed by atoms with van der Waals surface area (Å²) in [6.07, 6.45) is 1.05. The molecule has 1 saturated carbocycles. The SMILES string of the molecule is COc1cc(C(=O)NC2CC2)ccc1Nc1ccnc2cc(C(F)F)ccc12. The molecule has 0 atom stereocenters. The third kappa shape index (κ3) is 3.74. The molecular formula is C21H19F2N3O2. The molecule has 1 amide bonds. The highest BCUT2D eigenvalue weighted by atomic mass is 19.3. The Morgan fingerprint density at radius 2 is 1.96 bits per heavy atom. The van der Waals surface area contributed by atoms with E-state index in [1.165, 1.54) is 19.2 Å². The molecule has 3 aromatic rings. The van der Waals surface area contributed by atoms with Crippen LogP contribution in [-0.2, 0) is 0 Å². The van der Waals surface area contributed by atoms with Gasteiger partial charge in [-0.25, -0.2) is 8.78 Å². The van der Waals surface area contributed by atoms with Gasteiger partial charge in [-0.3, -0.25) is 9.78 Å².